The zero-order valence-electron chi connectivity index (χ0n) is 12.3. The van der Waals surface area contributed by atoms with Crippen molar-refractivity contribution >= 4 is 5.91 Å². The van der Waals surface area contributed by atoms with E-state index >= 15 is 0 Å². The molecule has 122 valence electrons. The Morgan fingerprint density at radius 3 is 2.45 bits per heavy atom. The number of aliphatic hydroxyl groups excluding tert-OH is 1. The molecule has 0 heterocycles. The highest BCUT2D eigenvalue weighted by molar-refractivity contribution is 5.85. The molecule has 1 aliphatic rings. The van der Waals surface area contributed by atoms with Crippen molar-refractivity contribution in [1.29, 1.82) is 0 Å². The number of halogens is 2. The highest BCUT2D eigenvalue weighted by Gasteiger charge is 2.61. The van der Waals surface area contributed by atoms with Crippen LogP contribution >= 0.6 is 0 Å². The molecule has 3 N–H and O–H groups in total. The van der Waals surface area contributed by atoms with E-state index < -0.39 is 17.4 Å². The van der Waals surface area contributed by atoms with Crippen LogP contribution < -0.4 is 5.32 Å². The summed E-state index contributed by atoms with van der Waals surface area (Å²) in [5, 5.41) is 21.1. The summed E-state index contributed by atoms with van der Waals surface area (Å²) in [6, 6.07) is 9.10. The summed E-state index contributed by atoms with van der Waals surface area (Å²) in [7, 11) is 0. The summed E-state index contributed by atoms with van der Waals surface area (Å²) in [5.74, 6) is -5.48. The van der Waals surface area contributed by atoms with Gasteiger partial charge < -0.3 is 15.5 Å². The van der Waals surface area contributed by atoms with Gasteiger partial charge in [-0.2, -0.15) is 8.78 Å². The Kier molecular flexibility index (Phi) is 5.13. The fourth-order valence-electron chi connectivity index (χ4n) is 2.63. The van der Waals surface area contributed by atoms with Crippen molar-refractivity contribution in [2.24, 2.45) is 0 Å². The Bertz CT molecular complexity index is 503. The first-order valence-corrected chi connectivity index (χ1v) is 7.45. The van der Waals surface area contributed by atoms with Gasteiger partial charge >= 0.3 is 5.92 Å². The fraction of sp³-hybridized carbons (Fsp3) is 0.562. The minimum absolute atomic E-state index is 0.00488. The maximum Gasteiger partial charge on any atom is 0.352 e. The third-order valence-corrected chi connectivity index (χ3v) is 4.31. The van der Waals surface area contributed by atoms with Crippen LogP contribution in [0.2, 0.25) is 0 Å². The molecule has 0 spiro atoms. The van der Waals surface area contributed by atoms with Crippen molar-refractivity contribution in [2.45, 2.75) is 43.1 Å². The summed E-state index contributed by atoms with van der Waals surface area (Å²) in [6.45, 7) is -0.106. The van der Waals surface area contributed by atoms with Crippen LogP contribution in [-0.4, -0.2) is 40.8 Å². The second-order valence-corrected chi connectivity index (χ2v) is 5.79. The second-order valence-electron chi connectivity index (χ2n) is 5.79. The lowest BCUT2D eigenvalue weighted by Crippen LogP contribution is -2.60. The SMILES string of the molecule is O=C(NCC(CCO)c1ccccc1)C(F)(F)C1(O)CCC1. The molecule has 1 fully saturated rings. The number of rotatable bonds is 7. The van der Waals surface area contributed by atoms with Crippen molar-refractivity contribution < 1.29 is 23.8 Å². The van der Waals surface area contributed by atoms with E-state index in [2.05, 4.69) is 5.32 Å². The minimum Gasteiger partial charge on any atom is -0.396 e. The van der Waals surface area contributed by atoms with E-state index in [1.807, 2.05) is 30.3 Å². The van der Waals surface area contributed by atoms with Crippen LogP contribution in [0, 0.1) is 0 Å². The molecular weight excluding hydrogens is 292 g/mol. The summed E-state index contributed by atoms with van der Waals surface area (Å²) in [5.41, 5.74) is -1.35. The van der Waals surface area contributed by atoms with E-state index in [0.29, 0.717) is 12.8 Å². The number of carbonyl (C=O) groups excluding carboxylic acids is 1. The molecule has 1 aromatic rings. The van der Waals surface area contributed by atoms with Crippen molar-refractivity contribution in [2.75, 3.05) is 13.2 Å². The number of hydrogen-bond acceptors (Lipinski definition) is 3. The first kappa shape index (κ1) is 16.8. The Morgan fingerprint density at radius 2 is 1.95 bits per heavy atom. The third kappa shape index (κ3) is 3.28. The molecule has 0 saturated heterocycles. The molecule has 1 aliphatic carbocycles. The summed E-state index contributed by atoms with van der Waals surface area (Å²) < 4.78 is 27.9. The lowest BCUT2D eigenvalue weighted by atomic mass is 9.75. The van der Waals surface area contributed by atoms with Gasteiger partial charge in [0.2, 0.25) is 0 Å². The van der Waals surface area contributed by atoms with Crippen molar-refractivity contribution in [3.8, 4) is 0 Å². The normalized spacial score (nSPS) is 18.4. The maximum atomic E-state index is 14.0. The molecule has 0 aliphatic heterocycles. The average molecular weight is 313 g/mol. The lowest BCUT2D eigenvalue weighted by molar-refractivity contribution is -0.215. The summed E-state index contributed by atoms with van der Waals surface area (Å²) >= 11 is 0. The minimum atomic E-state index is -3.79. The first-order chi connectivity index (χ1) is 10.4. The molecule has 1 saturated carbocycles. The molecule has 22 heavy (non-hydrogen) atoms. The number of alkyl halides is 2. The molecule has 1 aromatic carbocycles. The number of nitrogens with one attached hydrogen (secondary N) is 1. The lowest BCUT2D eigenvalue weighted by Gasteiger charge is -2.41. The fourth-order valence-corrected chi connectivity index (χ4v) is 2.63. The quantitative estimate of drug-likeness (QED) is 0.719. The Morgan fingerprint density at radius 1 is 1.32 bits per heavy atom. The van der Waals surface area contributed by atoms with Crippen LogP contribution in [0.25, 0.3) is 0 Å². The Balaban J connectivity index is 1.99. The number of carbonyl (C=O) groups is 1. The summed E-state index contributed by atoms with van der Waals surface area (Å²) in [6.07, 6.45) is 0.731. The van der Waals surface area contributed by atoms with E-state index in [1.54, 1.807) is 0 Å². The van der Waals surface area contributed by atoms with Gasteiger partial charge in [-0.05, 0) is 31.2 Å². The number of benzene rings is 1. The topological polar surface area (TPSA) is 69.6 Å². The highest BCUT2D eigenvalue weighted by atomic mass is 19.3. The van der Waals surface area contributed by atoms with E-state index in [0.717, 1.165) is 5.56 Å². The molecule has 0 aromatic heterocycles. The van der Waals surface area contributed by atoms with Crippen LogP contribution in [0.15, 0.2) is 30.3 Å². The Labute approximate surface area is 128 Å². The zero-order chi connectivity index (χ0) is 16.2. The molecule has 1 atom stereocenters. The van der Waals surface area contributed by atoms with Gasteiger partial charge in [-0.1, -0.05) is 30.3 Å². The van der Waals surface area contributed by atoms with Crippen LogP contribution in [0.4, 0.5) is 8.78 Å². The molecule has 0 bridgehead atoms. The van der Waals surface area contributed by atoms with E-state index in [4.69, 9.17) is 5.11 Å². The second kappa shape index (κ2) is 6.71. The average Bonchev–Trinajstić information content (AvgIpc) is 2.49. The summed E-state index contributed by atoms with van der Waals surface area (Å²) in [4.78, 5) is 11.8. The van der Waals surface area contributed by atoms with Gasteiger partial charge in [0.15, 0.2) is 0 Å². The number of hydrogen-bond donors (Lipinski definition) is 3. The van der Waals surface area contributed by atoms with Crippen LogP contribution in [0.5, 0.6) is 0 Å². The van der Waals surface area contributed by atoms with E-state index in [-0.39, 0.29) is 31.9 Å². The maximum absolute atomic E-state index is 14.0. The van der Waals surface area contributed by atoms with Gasteiger partial charge in [-0.3, -0.25) is 4.79 Å². The molecule has 2 rings (SSSR count). The molecule has 1 unspecified atom stereocenters. The predicted octanol–water partition coefficient (Wildman–Crippen LogP) is 1.82. The highest BCUT2D eigenvalue weighted by Crippen LogP contribution is 2.44. The number of aliphatic hydroxyl groups is 2. The van der Waals surface area contributed by atoms with Crippen LogP contribution in [-0.2, 0) is 4.79 Å². The van der Waals surface area contributed by atoms with Gasteiger partial charge in [0.05, 0.1) is 0 Å². The van der Waals surface area contributed by atoms with Crippen LogP contribution in [0.3, 0.4) is 0 Å². The molecule has 4 nitrogen and oxygen atoms in total. The van der Waals surface area contributed by atoms with Gasteiger partial charge in [-0.25, -0.2) is 0 Å². The molecule has 6 heteroatoms. The van der Waals surface area contributed by atoms with E-state index in [9.17, 15) is 18.7 Å². The monoisotopic (exact) mass is 313 g/mol. The van der Waals surface area contributed by atoms with Crippen molar-refractivity contribution in [1.82, 2.24) is 5.32 Å². The number of amides is 1. The molecule has 1 amide bonds. The zero-order valence-corrected chi connectivity index (χ0v) is 12.3. The molecule has 0 radical (unpaired) electrons. The van der Waals surface area contributed by atoms with Gasteiger partial charge in [0, 0.05) is 19.1 Å². The smallest absolute Gasteiger partial charge is 0.352 e. The predicted molar refractivity (Wildman–Crippen MR) is 77.6 cm³/mol. The third-order valence-electron chi connectivity index (χ3n) is 4.31. The van der Waals surface area contributed by atoms with Crippen LogP contribution in [0.1, 0.15) is 37.2 Å². The van der Waals surface area contributed by atoms with Gasteiger partial charge in [-0.15, -0.1) is 0 Å². The standard InChI is InChI=1S/C16H21F2NO3/c17-16(18,15(22)8-4-9-15)14(21)19-11-13(7-10-20)12-5-2-1-3-6-12/h1-3,5-6,13,20,22H,4,7-11H2,(H,19,21). The van der Waals surface area contributed by atoms with E-state index in [1.165, 1.54) is 0 Å². The largest absolute Gasteiger partial charge is 0.396 e. The Hall–Kier alpha value is -1.53. The van der Waals surface area contributed by atoms with Gasteiger partial charge in [0.1, 0.15) is 5.60 Å². The molecular formula is C16H21F2NO3. The van der Waals surface area contributed by atoms with Crippen molar-refractivity contribution in [3.63, 3.8) is 0 Å². The first-order valence-electron chi connectivity index (χ1n) is 7.45. The van der Waals surface area contributed by atoms with Gasteiger partial charge in [0.25, 0.3) is 5.91 Å². The van der Waals surface area contributed by atoms with Crippen molar-refractivity contribution in [3.05, 3.63) is 35.9 Å².